The molecule has 1 saturated heterocycles. The Bertz CT molecular complexity index is 1270. The number of halogens is 6. The summed E-state index contributed by atoms with van der Waals surface area (Å²) in [6.45, 7) is 1.39. The van der Waals surface area contributed by atoms with Crippen molar-refractivity contribution in [1.82, 2.24) is 20.3 Å². The first kappa shape index (κ1) is 25.5. The highest BCUT2D eigenvalue weighted by Gasteiger charge is 2.40. The Morgan fingerprint density at radius 3 is 2.56 bits per heavy atom. The highest BCUT2D eigenvalue weighted by Crippen LogP contribution is 2.45. The van der Waals surface area contributed by atoms with E-state index in [0.717, 1.165) is 45.8 Å². The van der Waals surface area contributed by atoms with Crippen LogP contribution < -0.4 is 15.5 Å². The van der Waals surface area contributed by atoms with Crippen LogP contribution in [0.3, 0.4) is 0 Å². The molecule has 1 aliphatic rings. The van der Waals surface area contributed by atoms with E-state index in [1.807, 2.05) is 0 Å². The van der Waals surface area contributed by atoms with Gasteiger partial charge in [0.25, 0.3) is 0 Å². The molecule has 4 rings (SSSR count). The molecule has 194 valence electrons. The highest BCUT2D eigenvalue weighted by atomic mass is 19.4. The summed E-state index contributed by atoms with van der Waals surface area (Å²) in [6, 6.07) is 2.09. The Morgan fingerprint density at radius 2 is 1.94 bits per heavy atom. The number of carbonyl (C=O) groups excluding carboxylic acids is 1. The Kier molecular flexibility index (Phi) is 6.73. The fourth-order valence-corrected chi connectivity index (χ4v) is 4.21. The number of aromatic nitrogens is 3. The number of methoxy groups -OCH3 is 1. The summed E-state index contributed by atoms with van der Waals surface area (Å²) < 4.78 is 88.3. The molecule has 8 nitrogen and oxygen atoms in total. The Hall–Kier alpha value is -3.55. The van der Waals surface area contributed by atoms with Crippen molar-refractivity contribution in [2.45, 2.75) is 31.2 Å². The number of rotatable bonds is 4. The topological polar surface area (TPSA) is 95.2 Å². The second-order valence-corrected chi connectivity index (χ2v) is 8.25. The number of carbonyl (C=O) groups is 1. The molecule has 3 aromatic rings. The van der Waals surface area contributed by atoms with Crippen LogP contribution >= 0.6 is 0 Å². The van der Waals surface area contributed by atoms with Gasteiger partial charge in [-0.2, -0.15) is 26.3 Å². The minimum atomic E-state index is -4.95. The molecule has 14 heteroatoms. The smallest absolute Gasteiger partial charge is 0.420 e. The quantitative estimate of drug-likeness (QED) is 0.421. The van der Waals surface area contributed by atoms with Crippen LogP contribution in [-0.4, -0.2) is 54.3 Å². The zero-order valence-electron chi connectivity index (χ0n) is 19.1. The van der Waals surface area contributed by atoms with Gasteiger partial charge < -0.3 is 20.4 Å². The maximum Gasteiger partial charge on any atom is 0.420 e. The zero-order valence-corrected chi connectivity index (χ0v) is 19.1. The van der Waals surface area contributed by atoms with Gasteiger partial charge >= 0.3 is 18.4 Å². The number of aromatic amines is 1. The first-order valence-corrected chi connectivity index (χ1v) is 10.9. The average molecular weight is 516 g/mol. The van der Waals surface area contributed by atoms with Crippen molar-refractivity contribution in [1.29, 1.82) is 0 Å². The number of nitrogens with zero attached hydrogens (tertiary/aromatic N) is 3. The van der Waals surface area contributed by atoms with Crippen molar-refractivity contribution >= 4 is 28.6 Å². The fourth-order valence-electron chi connectivity index (χ4n) is 4.21. The number of anilines is 2. The molecule has 1 aromatic carbocycles. The molecule has 0 aliphatic carbocycles. The van der Waals surface area contributed by atoms with Crippen molar-refractivity contribution < 1.29 is 35.9 Å². The van der Waals surface area contributed by atoms with E-state index in [4.69, 9.17) is 0 Å². The average Bonchev–Trinajstić information content (AvgIpc) is 3.25. The molecule has 36 heavy (non-hydrogen) atoms. The Labute approximate surface area is 201 Å². The van der Waals surface area contributed by atoms with Crippen molar-refractivity contribution in [2.75, 3.05) is 37.5 Å². The van der Waals surface area contributed by atoms with Crippen molar-refractivity contribution in [2.24, 2.45) is 0 Å². The number of alkyl halides is 6. The first-order chi connectivity index (χ1) is 16.9. The van der Waals surface area contributed by atoms with Gasteiger partial charge in [0, 0.05) is 43.0 Å². The Morgan fingerprint density at radius 1 is 1.19 bits per heavy atom. The molecule has 1 fully saturated rings. The summed E-state index contributed by atoms with van der Waals surface area (Å²) >= 11 is 0. The van der Waals surface area contributed by atoms with Gasteiger partial charge in [0.2, 0.25) is 5.95 Å². The molecule has 0 unspecified atom stereocenters. The number of hydrogen-bond acceptors (Lipinski definition) is 6. The summed E-state index contributed by atoms with van der Waals surface area (Å²) in [5.74, 6) is -0.0702. The molecule has 3 heterocycles. The van der Waals surface area contributed by atoms with Crippen LogP contribution in [0.5, 0.6) is 0 Å². The van der Waals surface area contributed by atoms with E-state index < -0.39 is 46.5 Å². The van der Waals surface area contributed by atoms with E-state index in [9.17, 15) is 31.1 Å². The van der Waals surface area contributed by atoms with Crippen LogP contribution in [0.2, 0.25) is 0 Å². The lowest BCUT2D eigenvalue weighted by molar-refractivity contribution is -0.137. The third kappa shape index (κ3) is 4.90. The number of nitrogens with one attached hydrogen (secondary N) is 3. The lowest BCUT2D eigenvalue weighted by atomic mass is 10.0. The largest absolute Gasteiger partial charge is 0.452 e. The number of amides is 1. The first-order valence-electron chi connectivity index (χ1n) is 10.9. The lowest BCUT2D eigenvalue weighted by Crippen LogP contribution is -2.38. The normalized spacial score (nSPS) is 16.7. The van der Waals surface area contributed by atoms with Crippen LogP contribution in [0, 0.1) is 0 Å². The summed E-state index contributed by atoms with van der Waals surface area (Å²) in [5, 5.41) is 5.99. The molecule has 2 aromatic heterocycles. The number of benzene rings is 1. The minimum absolute atomic E-state index is 0.0702. The molecule has 0 radical (unpaired) electrons. The second-order valence-electron chi connectivity index (χ2n) is 8.25. The van der Waals surface area contributed by atoms with Crippen molar-refractivity contribution in [3.8, 4) is 11.3 Å². The van der Waals surface area contributed by atoms with Gasteiger partial charge in [-0.15, -0.1) is 0 Å². The monoisotopic (exact) mass is 516 g/mol. The second kappa shape index (κ2) is 9.48. The van der Waals surface area contributed by atoms with Gasteiger partial charge in [-0.05, 0) is 25.5 Å². The molecule has 0 spiro atoms. The lowest BCUT2D eigenvalue weighted by Gasteiger charge is -2.24. The maximum absolute atomic E-state index is 14.1. The zero-order chi connectivity index (χ0) is 26.3. The molecule has 1 amide bonds. The van der Waals surface area contributed by atoms with E-state index in [-0.39, 0.29) is 22.9 Å². The summed E-state index contributed by atoms with van der Waals surface area (Å²) in [4.78, 5) is 22.8. The van der Waals surface area contributed by atoms with Crippen LogP contribution in [0.1, 0.15) is 24.0 Å². The van der Waals surface area contributed by atoms with Crippen molar-refractivity contribution in [3.05, 3.63) is 35.7 Å². The number of piperidine rings is 1. The summed E-state index contributed by atoms with van der Waals surface area (Å²) in [5.41, 5.74) is -4.21. The molecular weight excluding hydrogens is 494 g/mol. The third-order valence-corrected chi connectivity index (χ3v) is 5.91. The van der Waals surface area contributed by atoms with E-state index >= 15 is 0 Å². The molecule has 0 saturated carbocycles. The number of ether oxygens (including phenoxy) is 1. The van der Waals surface area contributed by atoms with Gasteiger partial charge in [-0.3, -0.25) is 4.90 Å². The summed E-state index contributed by atoms with van der Waals surface area (Å²) in [7, 11) is 2.11. The molecule has 1 atom stereocenters. The SMILES string of the molecule is COC(=O)N(C)c1ccc2c(-c3nc(N[C@H]4CCCNC4)ncc3C(F)(F)F)c[nH]c2c1C(F)(F)F. The van der Waals surface area contributed by atoms with Gasteiger partial charge in [0.05, 0.1) is 24.0 Å². The van der Waals surface area contributed by atoms with Crippen LogP contribution in [0.25, 0.3) is 22.2 Å². The molecule has 0 bridgehead atoms. The maximum atomic E-state index is 14.1. The predicted molar refractivity (Wildman–Crippen MR) is 120 cm³/mol. The summed E-state index contributed by atoms with van der Waals surface area (Å²) in [6.07, 6.45) is -7.59. The molecular formula is C22H22F6N6O2. The predicted octanol–water partition coefficient (Wildman–Crippen LogP) is 5.03. The third-order valence-electron chi connectivity index (χ3n) is 5.91. The van der Waals surface area contributed by atoms with E-state index in [0.29, 0.717) is 17.6 Å². The highest BCUT2D eigenvalue weighted by molar-refractivity contribution is 6.01. The van der Waals surface area contributed by atoms with E-state index in [1.54, 1.807) is 0 Å². The van der Waals surface area contributed by atoms with Gasteiger partial charge in [-0.1, -0.05) is 6.07 Å². The molecule has 3 N–H and O–H groups in total. The van der Waals surface area contributed by atoms with Crippen LogP contribution in [-0.2, 0) is 17.1 Å². The number of H-pyrrole nitrogens is 1. The molecule has 1 aliphatic heterocycles. The van der Waals surface area contributed by atoms with Crippen LogP contribution in [0.15, 0.2) is 24.5 Å². The minimum Gasteiger partial charge on any atom is -0.452 e. The Balaban J connectivity index is 1.88. The van der Waals surface area contributed by atoms with E-state index in [2.05, 4.69) is 30.3 Å². The van der Waals surface area contributed by atoms with Gasteiger partial charge in [-0.25, -0.2) is 14.8 Å². The fraction of sp³-hybridized carbons (Fsp3) is 0.409. The number of hydrogen-bond donors (Lipinski definition) is 3. The van der Waals surface area contributed by atoms with E-state index in [1.165, 1.54) is 6.07 Å². The van der Waals surface area contributed by atoms with Crippen LogP contribution in [0.4, 0.5) is 42.8 Å². The van der Waals surface area contributed by atoms with Gasteiger partial charge in [0.15, 0.2) is 0 Å². The van der Waals surface area contributed by atoms with Gasteiger partial charge in [0.1, 0.15) is 11.1 Å². The standard InChI is InChI=1S/C22H22F6N6O2/c1-34(20(35)36-2)15-6-5-12-13(9-30-18(12)16(15)22(26,27)28)17-14(21(23,24)25)10-31-19(33-17)32-11-4-3-7-29-8-11/h5-6,9-11,29-30H,3-4,7-8H2,1-2H3,(H,31,32,33)/t11-/m0/s1. The van der Waals surface area contributed by atoms with Crippen molar-refractivity contribution in [3.63, 3.8) is 0 Å². The number of fused-ring (bicyclic) bond motifs is 1.